The van der Waals surface area contributed by atoms with Crippen LogP contribution in [0, 0.1) is 6.92 Å². The Labute approximate surface area is 248 Å². The van der Waals surface area contributed by atoms with Crippen LogP contribution in [0.25, 0.3) is 11.3 Å². The summed E-state index contributed by atoms with van der Waals surface area (Å²) in [4.78, 5) is 32.6. The van der Waals surface area contributed by atoms with Gasteiger partial charge in [-0.3, -0.25) is 4.79 Å². The third kappa shape index (κ3) is 6.89. The van der Waals surface area contributed by atoms with Crippen molar-refractivity contribution in [2.24, 2.45) is 0 Å². The SMILES string of the molecule is Cc1ccc(C(=O)NC2CC2)cc1Nc1nc(-c2ccc(N3CCOCC3)cc2)c(OC(=O)NCc2ccccc2)s1. The summed E-state index contributed by atoms with van der Waals surface area (Å²) in [5, 5.41) is 10.1. The summed E-state index contributed by atoms with van der Waals surface area (Å²) in [5.74, 6) is -0.0835. The van der Waals surface area contributed by atoms with E-state index >= 15 is 0 Å². The van der Waals surface area contributed by atoms with Gasteiger partial charge in [-0.2, -0.15) is 0 Å². The summed E-state index contributed by atoms with van der Waals surface area (Å²) in [5.41, 5.74) is 5.79. The van der Waals surface area contributed by atoms with Crippen molar-refractivity contribution in [1.29, 1.82) is 0 Å². The van der Waals surface area contributed by atoms with Gasteiger partial charge in [-0.15, -0.1) is 0 Å². The third-order valence-electron chi connectivity index (χ3n) is 7.23. The number of amides is 2. The van der Waals surface area contributed by atoms with E-state index in [9.17, 15) is 9.59 Å². The molecule has 3 N–H and O–H groups in total. The van der Waals surface area contributed by atoms with Gasteiger partial charge in [0, 0.05) is 48.2 Å². The minimum absolute atomic E-state index is 0.0835. The molecule has 2 aliphatic rings. The van der Waals surface area contributed by atoms with Gasteiger partial charge in [0.25, 0.3) is 5.91 Å². The molecule has 0 unspecified atom stereocenters. The number of nitrogens with zero attached hydrogens (tertiary/aromatic N) is 2. The molecule has 2 heterocycles. The van der Waals surface area contributed by atoms with Crippen molar-refractivity contribution < 1.29 is 19.1 Å². The van der Waals surface area contributed by atoms with Crippen molar-refractivity contribution in [1.82, 2.24) is 15.6 Å². The van der Waals surface area contributed by atoms with E-state index < -0.39 is 6.09 Å². The molecule has 1 saturated heterocycles. The maximum atomic E-state index is 12.8. The van der Waals surface area contributed by atoms with Gasteiger partial charge in [-0.25, -0.2) is 9.78 Å². The van der Waals surface area contributed by atoms with Crippen LogP contribution < -0.4 is 25.6 Å². The van der Waals surface area contributed by atoms with Crippen molar-refractivity contribution >= 4 is 39.8 Å². The zero-order valence-corrected chi connectivity index (χ0v) is 24.2. The molecule has 216 valence electrons. The van der Waals surface area contributed by atoms with Gasteiger partial charge >= 0.3 is 6.09 Å². The summed E-state index contributed by atoms with van der Waals surface area (Å²) in [6, 6.07) is 23.6. The molecule has 2 amide bonds. The highest BCUT2D eigenvalue weighted by atomic mass is 32.1. The summed E-state index contributed by atoms with van der Waals surface area (Å²) >= 11 is 1.24. The van der Waals surface area contributed by atoms with Gasteiger partial charge in [-0.1, -0.05) is 59.9 Å². The normalized spacial score (nSPS) is 14.7. The molecule has 6 rings (SSSR count). The molecule has 4 aromatic rings. The van der Waals surface area contributed by atoms with Gasteiger partial charge in [0.1, 0.15) is 5.69 Å². The zero-order valence-electron chi connectivity index (χ0n) is 23.4. The maximum Gasteiger partial charge on any atom is 0.413 e. The molecule has 1 aliphatic heterocycles. The van der Waals surface area contributed by atoms with Crippen molar-refractivity contribution in [3.05, 3.63) is 89.5 Å². The molecule has 2 fully saturated rings. The number of morpholine rings is 1. The van der Waals surface area contributed by atoms with Crippen molar-refractivity contribution in [3.63, 3.8) is 0 Å². The molecule has 1 saturated carbocycles. The number of hydrogen-bond donors (Lipinski definition) is 3. The predicted octanol–water partition coefficient (Wildman–Crippen LogP) is 5.88. The lowest BCUT2D eigenvalue weighted by Crippen LogP contribution is -2.36. The number of nitrogens with one attached hydrogen (secondary N) is 3. The first-order valence-corrected chi connectivity index (χ1v) is 15.0. The number of benzene rings is 3. The highest BCUT2D eigenvalue weighted by molar-refractivity contribution is 7.18. The number of thiazole rings is 1. The maximum absolute atomic E-state index is 12.8. The number of aryl methyl sites for hydroxylation is 1. The summed E-state index contributed by atoms with van der Waals surface area (Å²) in [6.07, 6.45) is 1.49. The molecular formula is C32H33N5O4S. The second-order valence-corrected chi connectivity index (χ2v) is 11.4. The second kappa shape index (κ2) is 12.6. The number of ether oxygens (including phenoxy) is 2. The highest BCUT2D eigenvalue weighted by Crippen LogP contribution is 2.40. The Morgan fingerprint density at radius 1 is 1.02 bits per heavy atom. The smallest absolute Gasteiger partial charge is 0.397 e. The Morgan fingerprint density at radius 2 is 1.79 bits per heavy atom. The van der Waals surface area contributed by atoms with Gasteiger partial charge < -0.3 is 30.3 Å². The number of carbonyl (C=O) groups excluding carboxylic acids is 2. The molecule has 1 aliphatic carbocycles. The van der Waals surface area contributed by atoms with E-state index in [2.05, 4.69) is 33.0 Å². The number of anilines is 3. The van der Waals surface area contributed by atoms with Gasteiger partial charge in [0.05, 0.1) is 13.2 Å². The van der Waals surface area contributed by atoms with E-state index in [0.717, 1.165) is 54.0 Å². The molecule has 0 spiro atoms. The molecule has 3 aromatic carbocycles. The van der Waals surface area contributed by atoms with Gasteiger partial charge in [0.2, 0.25) is 5.06 Å². The topological polar surface area (TPSA) is 105 Å². The van der Waals surface area contributed by atoms with E-state index in [1.807, 2.05) is 67.6 Å². The molecule has 10 heteroatoms. The van der Waals surface area contributed by atoms with E-state index in [4.69, 9.17) is 14.5 Å². The Hall–Kier alpha value is -4.41. The average molecular weight is 584 g/mol. The molecule has 0 atom stereocenters. The molecular weight excluding hydrogens is 550 g/mol. The molecule has 1 aromatic heterocycles. The molecule has 42 heavy (non-hydrogen) atoms. The first-order chi connectivity index (χ1) is 20.5. The van der Waals surface area contributed by atoms with Crippen molar-refractivity contribution in [3.8, 4) is 16.3 Å². The first-order valence-electron chi connectivity index (χ1n) is 14.1. The van der Waals surface area contributed by atoms with Crippen LogP contribution in [0.15, 0.2) is 72.8 Å². The van der Waals surface area contributed by atoms with Crippen LogP contribution in [0.2, 0.25) is 0 Å². The summed E-state index contributed by atoms with van der Waals surface area (Å²) in [7, 11) is 0. The third-order valence-corrected chi connectivity index (χ3v) is 8.08. The van der Waals surface area contributed by atoms with Crippen LogP contribution in [-0.2, 0) is 11.3 Å². The quantitative estimate of drug-likeness (QED) is 0.226. The van der Waals surface area contributed by atoms with E-state index in [-0.39, 0.29) is 11.9 Å². The fraction of sp³-hybridized carbons (Fsp3) is 0.281. The predicted molar refractivity (Wildman–Crippen MR) is 165 cm³/mol. The fourth-order valence-corrected chi connectivity index (χ4v) is 5.51. The van der Waals surface area contributed by atoms with Crippen LogP contribution in [0.3, 0.4) is 0 Å². The Kier molecular flexibility index (Phi) is 8.34. The van der Waals surface area contributed by atoms with E-state index in [0.29, 0.717) is 41.2 Å². The van der Waals surface area contributed by atoms with Crippen LogP contribution in [0.5, 0.6) is 5.06 Å². The number of hydrogen-bond acceptors (Lipinski definition) is 8. The highest BCUT2D eigenvalue weighted by Gasteiger charge is 2.24. The number of carbonyl (C=O) groups is 2. The van der Waals surface area contributed by atoms with Gasteiger partial charge in [0.15, 0.2) is 5.13 Å². The van der Waals surface area contributed by atoms with Gasteiger partial charge in [-0.05, 0) is 55.2 Å². The Balaban J connectivity index is 1.24. The van der Waals surface area contributed by atoms with E-state index in [1.54, 1.807) is 0 Å². The lowest BCUT2D eigenvalue weighted by Gasteiger charge is -2.28. The molecule has 9 nitrogen and oxygen atoms in total. The van der Waals surface area contributed by atoms with Crippen LogP contribution >= 0.6 is 11.3 Å². The van der Waals surface area contributed by atoms with Crippen LogP contribution in [0.1, 0.15) is 34.3 Å². The summed E-state index contributed by atoms with van der Waals surface area (Å²) in [6.45, 7) is 5.43. The Bertz CT molecular complexity index is 1550. The average Bonchev–Trinajstić information content (AvgIpc) is 3.76. The minimum atomic E-state index is -0.560. The van der Waals surface area contributed by atoms with Crippen LogP contribution in [-0.4, -0.2) is 49.3 Å². The monoisotopic (exact) mass is 583 g/mol. The second-order valence-electron chi connectivity index (χ2n) is 10.4. The van der Waals surface area contributed by atoms with E-state index in [1.165, 1.54) is 11.3 Å². The standard InChI is InChI=1S/C32H33N5O4S/c1-21-7-8-24(29(38)34-25-11-12-25)19-27(21)35-31-36-28(23-9-13-26(14-10-23)37-15-17-40-18-16-37)30(42-31)41-32(39)33-20-22-5-3-2-4-6-22/h2-10,13-14,19,25H,11-12,15-18,20H2,1H3,(H,33,39)(H,34,38)(H,35,36). The molecule has 0 bridgehead atoms. The molecule has 0 radical (unpaired) electrons. The number of rotatable bonds is 9. The fourth-order valence-electron chi connectivity index (χ4n) is 4.66. The number of aromatic nitrogens is 1. The first kappa shape index (κ1) is 27.7. The largest absolute Gasteiger partial charge is 0.413 e. The van der Waals surface area contributed by atoms with Crippen molar-refractivity contribution in [2.75, 3.05) is 36.5 Å². The van der Waals surface area contributed by atoms with Crippen LogP contribution in [0.4, 0.5) is 21.3 Å². The van der Waals surface area contributed by atoms with Crippen molar-refractivity contribution in [2.45, 2.75) is 32.4 Å². The Morgan fingerprint density at radius 3 is 2.52 bits per heavy atom. The minimum Gasteiger partial charge on any atom is -0.397 e. The lowest BCUT2D eigenvalue weighted by atomic mass is 10.1. The lowest BCUT2D eigenvalue weighted by molar-refractivity contribution is 0.0951. The summed E-state index contributed by atoms with van der Waals surface area (Å²) < 4.78 is 11.3. The zero-order chi connectivity index (χ0) is 28.9.